The van der Waals surface area contributed by atoms with Gasteiger partial charge in [-0.25, -0.2) is 4.98 Å². The number of allylic oxidation sites excluding steroid dienone is 4. The van der Waals surface area contributed by atoms with Crippen LogP contribution >= 0.6 is 11.3 Å². The second-order valence-electron chi connectivity index (χ2n) is 8.33. The van der Waals surface area contributed by atoms with Gasteiger partial charge in [0, 0.05) is 17.7 Å². The van der Waals surface area contributed by atoms with Crippen LogP contribution in [-0.2, 0) is 16.1 Å². The number of aromatic nitrogens is 1. The Morgan fingerprint density at radius 1 is 1.31 bits per heavy atom. The number of nitrogens with zero attached hydrogens (tertiary/aromatic N) is 1. The largest absolute Gasteiger partial charge is 0.493 e. The normalized spacial score (nSPS) is 33.9. The van der Waals surface area contributed by atoms with Crippen LogP contribution in [-0.4, -0.2) is 34.0 Å². The Morgan fingerprint density at radius 2 is 2.21 bits per heavy atom. The second-order valence-corrected chi connectivity index (χ2v) is 9.22. The molecule has 1 aromatic rings. The summed E-state index contributed by atoms with van der Waals surface area (Å²) >= 11 is 1.54. The van der Waals surface area contributed by atoms with Crippen LogP contribution in [0.4, 0.5) is 0 Å². The van der Waals surface area contributed by atoms with Gasteiger partial charge in [0.1, 0.15) is 16.9 Å². The van der Waals surface area contributed by atoms with Crippen molar-refractivity contribution in [3.8, 4) is 0 Å². The van der Waals surface area contributed by atoms with E-state index < -0.39 is 6.10 Å². The molecule has 1 saturated carbocycles. The standard InChI is InChI=1S/C23H31NO4S/c1-15-7-5-3-2-4-6-8-20(15)27-13-18-17-9-10-21(28-22(17)11-19(18)26)23-24-16(12-25)14-29-23/h4,6,8,14,17-19,21-22,25-26H,1-3,5,7,9-13H2/b6-4-,20-8?/t17-,18-,19-,21-,22+/m1/s1. The van der Waals surface area contributed by atoms with Gasteiger partial charge in [0.25, 0.3) is 0 Å². The van der Waals surface area contributed by atoms with E-state index in [9.17, 15) is 10.2 Å². The van der Waals surface area contributed by atoms with Gasteiger partial charge < -0.3 is 19.7 Å². The number of fused-ring (bicyclic) bond motifs is 1. The van der Waals surface area contributed by atoms with Gasteiger partial charge in [-0.05, 0) is 56.1 Å². The van der Waals surface area contributed by atoms with Crippen LogP contribution in [0, 0.1) is 11.8 Å². The van der Waals surface area contributed by atoms with Crippen LogP contribution in [0.2, 0.25) is 0 Å². The molecular formula is C23H31NO4S. The first-order valence-corrected chi connectivity index (χ1v) is 11.6. The molecule has 2 N–H and O–H groups in total. The fourth-order valence-electron chi connectivity index (χ4n) is 4.72. The molecule has 0 amide bonds. The Balaban J connectivity index is 1.37. The summed E-state index contributed by atoms with van der Waals surface area (Å²) in [5.41, 5.74) is 1.75. The molecule has 0 radical (unpaired) electrons. The summed E-state index contributed by atoms with van der Waals surface area (Å²) in [5, 5.41) is 22.8. The monoisotopic (exact) mass is 417 g/mol. The fourth-order valence-corrected chi connectivity index (χ4v) is 5.60. The summed E-state index contributed by atoms with van der Waals surface area (Å²) < 4.78 is 12.5. The van der Waals surface area contributed by atoms with Crippen molar-refractivity contribution >= 4 is 11.3 Å². The Hall–Kier alpha value is -1.47. The minimum Gasteiger partial charge on any atom is -0.493 e. The molecule has 1 aliphatic heterocycles. The third kappa shape index (κ3) is 4.82. The van der Waals surface area contributed by atoms with E-state index in [2.05, 4.69) is 23.7 Å². The van der Waals surface area contributed by atoms with Crippen molar-refractivity contribution in [1.29, 1.82) is 0 Å². The smallest absolute Gasteiger partial charge is 0.122 e. The third-order valence-corrected chi connectivity index (χ3v) is 7.35. The Labute approximate surface area is 176 Å². The SMILES string of the molecule is C=C1CCCC/C=C\C=C1OC[C@@H]1[C@H]2CC[C@H](c3nc(CO)cs3)O[C@H]2C[C@H]1O. The van der Waals surface area contributed by atoms with E-state index in [0.29, 0.717) is 24.6 Å². The first kappa shape index (κ1) is 20.8. The molecule has 2 fully saturated rings. The van der Waals surface area contributed by atoms with E-state index in [1.165, 1.54) is 6.42 Å². The molecule has 1 saturated heterocycles. The predicted octanol–water partition coefficient (Wildman–Crippen LogP) is 4.44. The first-order valence-electron chi connectivity index (χ1n) is 10.7. The predicted molar refractivity (Wildman–Crippen MR) is 113 cm³/mol. The summed E-state index contributed by atoms with van der Waals surface area (Å²) in [4.78, 5) is 4.47. The van der Waals surface area contributed by atoms with Crippen molar-refractivity contribution in [2.24, 2.45) is 11.8 Å². The highest BCUT2D eigenvalue weighted by molar-refractivity contribution is 7.09. The number of aliphatic hydroxyl groups excluding tert-OH is 2. The van der Waals surface area contributed by atoms with Crippen molar-refractivity contribution in [3.05, 3.63) is 52.2 Å². The Bertz CT molecular complexity index is 771. The molecule has 0 bridgehead atoms. The molecule has 2 aliphatic carbocycles. The van der Waals surface area contributed by atoms with Gasteiger partial charge in [-0.3, -0.25) is 0 Å². The summed E-state index contributed by atoms with van der Waals surface area (Å²) in [6.45, 7) is 4.66. The number of rotatable bonds is 5. The molecule has 2 heterocycles. The molecule has 158 valence electrons. The molecule has 3 aliphatic rings. The number of thiazole rings is 1. The van der Waals surface area contributed by atoms with Crippen LogP contribution in [0.25, 0.3) is 0 Å². The maximum absolute atomic E-state index is 10.7. The minimum atomic E-state index is -0.409. The second kappa shape index (κ2) is 9.56. The zero-order chi connectivity index (χ0) is 20.2. The number of hydrogen-bond acceptors (Lipinski definition) is 6. The maximum Gasteiger partial charge on any atom is 0.122 e. The highest BCUT2D eigenvalue weighted by atomic mass is 32.1. The van der Waals surface area contributed by atoms with Gasteiger partial charge in [-0.15, -0.1) is 11.3 Å². The summed E-state index contributed by atoms with van der Waals surface area (Å²) in [5.74, 6) is 1.24. The summed E-state index contributed by atoms with van der Waals surface area (Å²) in [7, 11) is 0. The van der Waals surface area contributed by atoms with Crippen LogP contribution in [0.3, 0.4) is 0 Å². The van der Waals surface area contributed by atoms with E-state index in [0.717, 1.165) is 48.4 Å². The van der Waals surface area contributed by atoms with Gasteiger partial charge in [-0.1, -0.05) is 18.7 Å². The topological polar surface area (TPSA) is 71.8 Å². The third-order valence-electron chi connectivity index (χ3n) is 6.37. The molecule has 4 rings (SSSR count). The minimum absolute atomic E-state index is 0.0320. The van der Waals surface area contributed by atoms with Crippen molar-refractivity contribution in [3.63, 3.8) is 0 Å². The number of aliphatic hydroxyl groups is 2. The summed E-state index contributed by atoms with van der Waals surface area (Å²) in [6.07, 6.45) is 12.7. The van der Waals surface area contributed by atoms with Crippen molar-refractivity contribution in [2.75, 3.05) is 6.61 Å². The van der Waals surface area contributed by atoms with Gasteiger partial charge >= 0.3 is 0 Å². The number of hydrogen-bond donors (Lipinski definition) is 2. The molecule has 0 unspecified atom stereocenters. The van der Waals surface area contributed by atoms with E-state index in [-0.39, 0.29) is 24.7 Å². The molecule has 29 heavy (non-hydrogen) atoms. The molecule has 5 nitrogen and oxygen atoms in total. The van der Waals surface area contributed by atoms with Crippen molar-refractivity contribution < 1.29 is 19.7 Å². The van der Waals surface area contributed by atoms with Crippen molar-refractivity contribution in [2.45, 2.75) is 69.9 Å². The van der Waals surface area contributed by atoms with E-state index in [1.54, 1.807) is 11.3 Å². The molecular weight excluding hydrogens is 386 g/mol. The average Bonchev–Trinajstić information content (AvgIpc) is 3.34. The van der Waals surface area contributed by atoms with E-state index in [4.69, 9.17) is 9.47 Å². The van der Waals surface area contributed by atoms with Gasteiger partial charge in [-0.2, -0.15) is 0 Å². The fraction of sp³-hybridized carbons (Fsp3) is 0.609. The lowest BCUT2D eigenvalue weighted by atomic mass is 9.87. The van der Waals surface area contributed by atoms with Gasteiger partial charge in [0.2, 0.25) is 0 Å². The molecule has 0 aromatic carbocycles. The van der Waals surface area contributed by atoms with Gasteiger partial charge in [0.05, 0.1) is 31.1 Å². The molecule has 1 aromatic heterocycles. The van der Waals surface area contributed by atoms with Crippen LogP contribution in [0.15, 0.2) is 41.5 Å². The first-order chi connectivity index (χ1) is 14.2. The lowest BCUT2D eigenvalue weighted by Gasteiger charge is -2.34. The number of ether oxygens (including phenoxy) is 2. The molecule has 0 spiro atoms. The van der Waals surface area contributed by atoms with Crippen LogP contribution in [0.1, 0.15) is 61.8 Å². The van der Waals surface area contributed by atoms with Crippen molar-refractivity contribution in [1.82, 2.24) is 4.98 Å². The Kier molecular flexibility index (Phi) is 6.85. The molecule has 5 atom stereocenters. The summed E-state index contributed by atoms with van der Waals surface area (Å²) in [6, 6.07) is 0. The molecule has 6 heteroatoms. The maximum atomic E-state index is 10.7. The van der Waals surface area contributed by atoms with Gasteiger partial charge in [0.15, 0.2) is 0 Å². The lowest BCUT2D eigenvalue weighted by molar-refractivity contribution is -0.0825. The van der Waals surface area contributed by atoms with Crippen LogP contribution < -0.4 is 0 Å². The highest BCUT2D eigenvalue weighted by Gasteiger charge is 2.47. The highest BCUT2D eigenvalue weighted by Crippen LogP contribution is 2.46. The zero-order valence-electron chi connectivity index (χ0n) is 16.8. The Morgan fingerprint density at radius 3 is 3.03 bits per heavy atom. The van der Waals surface area contributed by atoms with E-state index in [1.807, 2.05) is 11.5 Å². The zero-order valence-corrected chi connectivity index (χ0v) is 17.7. The van der Waals surface area contributed by atoms with E-state index >= 15 is 0 Å². The average molecular weight is 418 g/mol. The lowest BCUT2D eigenvalue weighted by Crippen LogP contribution is -2.32. The van der Waals surface area contributed by atoms with Crippen LogP contribution in [0.5, 0.6) is 0 Å². The quantitative estimate of drug-likeness (QED) is 0.741.